The van der Waals surface area contributed by atoms with Gasteiger partial charge >= 0.3 is 0 Å². The number of hydrogen-bond donors (Lipinski definition) is 2. The van der Waals surface area contributed by atoms with Crippen molar-refractivity contribution in [2.24, 2.45) is 0 Å². The second kappa shape index (κ2) is 3.38. The summed E-state index contributed by atoms with van der Waals surface area (Å²) in [5.41, 5.74) is 3.39. The van der Waals surface area contributed by atoms with Gasteiger partial charge in [-0.15, -0.1) is 0 Å². The lowest BCUT2D eigenvalue weighted by molar-refractivity contribution is 0.219. The Morgan fingerprint density at radius 2 is 2.07 bits per heavy atom. The fraction of sp³-hybridized carbons (Fsp3) is 0.385. The summed E-state index contributed by atoms with van der Waals surface area (Å²) in [6.45, 7) is 6.34. The number of aliphatic hydroxyl groups is 1. The van der Waals surface area contributed by atoms with E-state index in [4.69, 9.17) is 0 Å². The predicted molar refractivity (Wildman–Crippen MR) is 63.1 cm³/mol. The number of rotatable bonds is 2. The summed E-state index contributed by atoms with van der Waals surface area (Å²) in [5.74, 6) is 0. The standard InChI is InChI=1S/C13H17NO/c1-9-4-5-10-11(13(2,3)8-15)7-14-12(10)6-9/h4-7,14-15H,8H2,1-3H3. The highest BCUT2D eigenvalue weighted by atomic mass is 16.3. The molecule has 0 saturated heterocycles. The lowest BCUT2D eigenvalue weighted by Gasteiger charge is -2.20. The summed E-state index contributed by atoms with van der Waals surface area (Å²) in [5, 5.41) is 10.6. The van der Waals surface area contributed by atoms with E-state index in [0.717, 1.165) is 5.52 Å². The van der Waals surface area contributed by atoms with Crippen LogP contribution in [0.4, 0.5) is 0 Å². The molecule has 0 spiro atoms. The third-order valence-corrected chi connectivity index (χ3v) is 2.96. The van der Waals surface area contributed by atoms with Gasteiger partial charge in [0.15, 0.2) is 0 Å². The van der Waals surface area contributed by atoms with Gasteiger partial charge in [-0.1, -0.05) is 26.0 Å². The lowest BCUT2D eigenvalue weighted by atomic mass is 9.85. The zero-order valence-corrected chi connectivity index (χ0v) is 9.46. The predicted octanol–water partition coefficient (Wildman–Crippen LogP) is 2.75. The molecule has 0 aliphatic heterocycles. The van der Waals surface area contributed by atoms with Crippen molar-refractivity contribution in [3.63, 3.8) is 0 Å². The molecule has 0 atom stereocenters. The molecule has 1 aromatic heterocycles. The Labute approximate surface area is 89.9 Å². The molecule has 0 aliphatic rings. The Kier molecular flexibility index (Phi) is 2.31. The van der Waals surface area contributed by atoms with Gasteiger partial charge in [0.05, 0.1) is 6.61 Å². The molecular formula is C13H17NO. The van der Waals surface area contributed by atoms with Crippen molar-refractivity contribution in [3.05, 3.63) is 35.5 Å². The second-order valence-electron chi connectivity index (χ2n) is 4.79. The molecule has 2 rings (SSSR count). The maximum absolute atomic E-state index is 9.37. The van der Waals surface area contributed by atoms with E-state index in [9.17, 15) is 5.11 Å². The number of nitrogens with one attached hydrogen (secondary N) is 1. The van der Waals surface area contributed by atoms with Gasteiger partial charge in [0, 0.05) is 22.5 Å². The van der Waals surface area contributed by atoms with Gasteiger partial charge in [-0.05, 0) is 24.1 Å². The Morgan fingerprint density at radius 3 is 2.73 bits per heavy atom. The monoisotopic (exact) mass is 203 g/mol. The van der Waals surface area contributed by atoms with Crippen molar-refractivity contribution < 1.29 is 5.11 Å². The lowest BCUT2D eigenvalue weighted by Crippen LogP contribution is -2.21. The molecule has 2 heteroatoms. The normalized spacial score (nSPS) is 12.3. The quantitative estimate of drug-likeness (QED) is 0.773. The highest BCUT2D eigenvalue weighted by Gasteiger charge is 2.22. The molecule has 0 unspecified atom stereocenters. The fourth-order valence-corrected chi connectivity index (χ4v) is 1.89. The topological polar surface area (TPSA) is 36.0 Å². The van der Waals surface area contributed by atoms with Crippen LogP contribution < -0.4 is 0 Å². The fourth-order valence-electron chi connectivity index (χ4n) is 1.89. The Bertz CT molecular complexity index is 482. The molecule has 0 fully saturated rings. The van der Waals surface area contributed by atoms with Crippen LogP contribution in [0.2, 0.25) is 0 Å². The maximum atomic E-state index is 9.37. The minimum absolute atomic E-state index is 0.161. The van der Waals surface area contributed by atoms with E-state index in [-0.39, 0.29) is 12.0 Å². The van der Waals surface area contributed by atoms with Crippen LogP contribution in [0.3, 0.4) is 0 Å². The van der Waals surface area contributed by atoms with Crippen molar-refractivity contribution in [1.82, 2.24) is 4.98 Å². The Hall–Kier alpha value is -1.28. The molecule has 15 heavy (non-hydrogen) atoms. The van der Waals surface area contributed by atoms with Crippen molar-refractivity contribution in [2.45, 2.75) is 26.2 Å². The van der Waals surface area contributed by atoms with Crippen LogP contribution in [-0.4, -0.2) is 16.7 Å². The number of H-pyrrole nitrogens is 1. The molecule has 2 N–H and O–H groups in total. The number of hydrogen-bond acceptors (Lipinski definition) is 1. The van der Waals surface area contributed by atoms with Crippen molar-refractivity contribution in [3.8, 4) is 0 Å². The third kappa shape index (κ3) is 1.65. The van der Waals surface area contributed by atoms with E-state index in [1.165, 1.54) is 16.5 Å². The number of aliphatic hydroxyl groups excluding tert-OH is 1. The summed E-state index contributed by atoms with van der Waals surface area (Å²) in [6.07, 6.45) is 2.00. The SMILES string of the molecule is Cc1ccc2c(C(C)(C)CO)c[nH]c2c1. The van der Waals surface area contributed by atoms with Crippen LogP contribution in [0, 0.1) is 6.92 Å². The van der Waals surface area contributed by atoms with Crippen LogP contribution in [0.15, 0.2) is 24.4 Å². The van der Waals surface area contributed by atoms with Crippen LogP contribution >= 0.6 is 0 Å². The minimum Gasteiger partial charge on any atom is -0.395 e. The van der Waals surface area contributed by atoms with Crippen molar-refractivity contribution in [1.29, 1.82) is 0 Å². The first-order valence-corrected chi connectivity index (χ1v) is 5.24. The van der Waals surface area contributed by atoms with E-state index < -0.39 is 0 Å². The van der Waals surface area contributed by atoms with Gasteiger partial charge in [0.25, 0.3) is 0 Å². The van der Waals surface area contributed by atoms with E-state index in [1.54, 1.807) is 0 Å². The number of fused-ring (bicyclic) bond motifs is 1. The van der Waals surface area contributed by atoms with E-state index in [0.29, 0.717) is 0 Å². The summed E-state index contributed by atoms with van der Waals surface area (Å²) < 4.78 is 0. The van der Waals surface area contributed by atoms with Crippen LogP contribution in [0.25, 0.3) is 10.9 Å². The zero-order valence-electron chi connectivity index (χ0n) is 9.46. The minimum atomic E-state index is -0.187. The summed E-state index contributed by atoms with van der Waals surface area (Å²) in [4.78, 5) is 3.26. The summed E-state index contributed by atoms with van der Waals surface area (Å²) >= 11 is 0. The van der Waals surface area contributed by atoms with Crippen LogP contribution in [-0.2, 0) is 5.41 Å². The molecule has 2 aromatic rings. The van der Waals surface area contributed by atoms with E-state index in [1.807, 2.05) is 6.20 Å². The average molecular weight is 203 g/mol. The largest absolute Gasteiger partial charge is 0.395 e. The summed E-state index contributed by atoms with van der Waals surface area (Å²) in [7, 11) is 0. The average Bonchev–Trinajstić information content (AvgIpc) is 2.61. The highest BCUT2D eigenvalue weighted by Crippen LogP contribution is 2.30. The first-order chi connectivity index (χ1) is 7.04. The third-order valence-electron chi connectivity index (χ3n) is 2.96. The van der Waals surface area contributed by atoms with Crippen LogP contribution in [0.5, 0.6) is 0 Å². The number of benzene rings is 1. The smallest absolute Gasteiger partial charge is 0.0523 e. The number of aromatic nitrogens is 1. The molecule has 1 aromatic carbocycles. The number of aromatic amines is 1. The van der Waals surface area contributed by atoms with Gasteiger partial charge < -0.3 is 10.1 Å². The first-order valence-electron chi connectivity index (χ1n) is 5.24. The van der Waals surface area contributed by atoms with Gasteiger partial charge in [-0.3, -0.25) is 0 Å². The molecule has 0 aliphatic carbocycles. The molecule has 0 radical (unpaired) electrons. The first kappa shape index (κ1) is 10.2. The van der Waals surface area contributed by atoms with Crippen molar-refractivity contribution >= 4 is 10.9 Å². The maximum Gasteiger partial charge on any atom is 0.0523 e. The zero-order chi connectivity index (χ0) is 11.1. The Morgan fingerprint density at radius 1 is 1.33 bits per heavy atom. The van der Waals surface area contributed by atoms with Crippen LogP contribution in [0.1, 0.15) is 25.0 Å². The molecule has 0 amide bonds. The summed E-state index contributed by atoms with van der Waals surface area (Å²) in [6, 6.07) is 6.35. The molecular weight excluding hydrogens is 186 g/mol. The van der Waals surface area contributed by atoms with Gasteiger partial charge in [-0.2, -0.15) is 0 Å². The second-order valence-corrected chi connectivity index (χ2v) is 4.79. The van der Waals surface area contributed by atoms with Gasteiger partial charge in [0.1, 0.15) is 0 Å². The molecule has 1 heterocycles. The molecule has 0 saturated carbocycles. The Balaban J connectivity index is 2.64. The highest BCUT2D eigenvalue weighted by molar-refractivity contribution is 5.84. The van der Waals surface area contributed by atoms with Gasteiger partial charge in [0.2, 0.25) is 0 Å². The van der Waals surface area contributed by atoms with E-state index in [2.05, 4.69) is 44.0 Å². The number of aryl methyl sites for hydroxylation is 1. The van der Waals surface area contributed by atoms with Crippen molar-refractivity contribution in [2.75, 3.05) is 6.61 Å². The van der Waals surface area contributed by atoms with Gasteiger partial charge in [-0.25, -0.2) is 0 Å². The van der Waals surface area contributed by atoms with E-state index >= 15 is 0 Å². The molecule has 2 nitrogen and oxygen atoms in total. The molecule has 80 valence electrons. The molecule has 0 bridgehead atoms.